The van der Waals surface area contributed by atoms with E-state index >= 15 is 0 Å². The lowest BCUT2D eigenvalue weighted by Crippen LogP contribution is -2.08. The lowest BCUT2D eigenvalue weighted by molar-refractivity contribution is 0.431. The molecule has 1 aromatic carbocycles. The minimum absolute atomic E-state index is 0. The molecule has 1 aliphatic rings. The van der Waals surface area contributed by atoms with Crippen molar-refractivity contribution in [3.63, 3.8) is 0 Å². The summed E-state index contributed by atoms with van der Waals surface area (Å²) in [4.78, 5) is 4.44. The van der Waals surface area contributed by atoms with Crippen LogP contribution >= 0.6 is 12.4 Å². The van der Waals surface area contributed by atoms with E-state index < -0.39 is 0 Å². The van der Waals surface area contributed by atoms with Gasteiger partial charge in [0.25, 0.3) is 5.89 Å². The van der Waals surface area contributed by atoms with E-state index in [1.165, 1.54) is 5.56 Å². The van der Waals surface area contributed by atoms with Crippen LogP contribution in [0.2, 0.25) is 0 Å². The summed E-state index contributed by atoms with van der Waals surface area (Å²) in [5, 5.41) is 14.8. The maximum absolute atomic E-state index is 5.35. The van der Waals surface area contributed by atoms with E-state index in [2.05, 4.69) is 32.6 Å². The van der Waals surface area contributed by atoms with Gasteiger partial charge in [-0.25, -0.2) is 0 Å². The molecule has 6 nitrogen and oxygen atoms in total. The summed E-state index contributed by atoms with van der Waals surface area (Å²) in [6.07, 6.45) is 1.13. The van der Waals surface area contributed by atoms with Crippen LogP contribution in [-0.2, 0) is 0 Å². The van der Waals surface area contributed by atoms with Gasteiger partial charge in [0.15, 0.2) is 5.69 Å². The molecule has 0 bridgehead atoms. The van der Waals surface area contributed by atoms with Gasteiger partial charge in [-0.05, 0) is 26.0 Å². The third-order valence-corrected chi connectivity index (χ3v) is 4.05. The summed E-state index contributed by atoms with van der Waals surface area (Å²) < 4.78 is 5.35. The minimum Gasteiger partial charge on any atom is -0.332 e. The molecule has 0 spiro atoms. The number of aromatic nitrogens is 4. The van der Waals surface area contributed by atoms with Gasteiger partial charge in [-0.1, -0.05) is 35.0 Å². The number of halogens is 1. The number of nitrogens with one attached hydrogen (secondary N) is 2. The molecule has 0 aliphatic carbocycles. The molecule has 4 rings (SSSR count). The van der Waals surface area contributed by atoms with Crippen molar-refractivity contribution in [3.05, 3.63) is 41.6 Å². The quantitative estimate of drug-likeness (QED) is 0.771. The molecule has 1 unspecified atom stereocenters. The lowest BCUT2D eigenvalue weighted by Gasteiger charge is -2.02. The van der Waals surface area contributed by atoms with Crippen LogP contribution in [0.4, 0.5) is 0 Å². The van der Waals surface area contributed by atoms with Crippen LogP contribution < -0.4 is 5.32 Å². The lowest BCUT2D eigenvalue weighted by atomic mass is 10.1. The first-order valence-corrected chi connectivity index (χ1v) is 7.47. The second-order valence-corrected chi connectivity index (χ2v) is 5.69. The summed E-state index contributed by atoms with van der Waals surface area (Å²) in [6, 6.07) is 10.1. The zero-order valence-corrected chi connectivity index (χ0v) is 13.6. The fourth-order valence-corrected chi connectivity index (χ4v) is 2.72. The Morgan fingerprint density at radius 2 is 2.04 bits per heavy atom. The molecular weight excluding hydrogens is 314 g/mol. The average molecular weight is 332 g/mol. The van der Waals surface area contributed by atoms with Crippen molar-refractivity contribution in [1.82, 2.24) is 25.7 Å². The largest absolute Gasteiger partial charge is 0.332 e. The highest BCUT2D eigenvalue weighted by atomic mass is 35.5. The SMILES string of the molecule is Cc1ccc(-c2noc(-c3cc(C4CCNC4)[nH]n3)n2)cc1.Cl. The van der Waals surface area contributed by atoms with E-state index in [-0.39, 0.29) is 12.4 Å². The molecule has 1 atom stereocenters. The van der Waals surface area contributed by atoms with Crippen LogP contribution in [0.1, 0.15) is 23.6 Å². The second-order valence-electron chi connectivity index (χ2n) is 5.69. The maximum atomic E-state index is 5.35. The molecule has 23 heavy (non-hydrogen) atoms. The molecule has 1 fully saturated rings. The van der Waals surface area contributed by atoms with Gasteiger partial charge in [0.2, 0.25) is 5.82 Å². The smallest absolute Gasteiger partial charge is 0.278 e. The van der Waals surface area contributed by atoms with E-state index in [0.29, 0.717) is 23.3 Å². The van der Waals surface area contributed by atoms with Crippen molar-refractivity contribution >= 4 is 12.4 Å². The van der Waals surface area contributed by atoms with E-state index in [1.54, 1.807) is 0 Å². The maximum Gasteiger partial charge on any atom is 0.278 e. The van der Waals surface area contributed by atoms with Gasteiger partial charge in [-0.2, -0.15) is 10.1 Å². The first-order valence-electron chi connectivity index (χ1n) is 7.47. The standard InChI is InChI=1S/C16H17N5O.ClH/c1-10-2-4-11(5-3-10)15-18-16(22-21-15)14-8-13(19-20-14)12-6-7-17-9-12;/h2-5,8,12,17H,6-7,9H2,1H3,(H,19,20);1H. The zero-order chi connectivity index (χ0) is 14.9. The third kappa shape index (κ3) is 3.13. The van der Waals surface area contributed by atoms with Crippen molar-refractivity contribution in [2.45, 2.75) is 19.3 Å². The predicted molar refractivity (Wildman–Crippen MR) is 89.5 cm³/mol. The molecule has 3 heterocycles. The van der Waals surface area contributed by atoms with E-state index in [4.69, 9.17) is 4.52 Å². The number of nitrogens with zero attached hydrogens (tertiary/aromatic N) is 3. The highest BCUT2D eigenvalue weighted by Crippen LogP contribution is 2.26. The second kappa shape index (κ2) is 6.52. The van der Waals surface area contributed by atoms with Crippen molar-refractivity contribution in [2.24, 2.45) is 0 Å². The monoisotopic (exact) mass is 331 g/mol. The number of hydrogen-bond donors (Lipinski definition) is 2. The molecule has 0 saturated carbocycles. The third-order valence-electron chi connectivity index (χ3n) is 4.05. The Morgan fingerprint density at radius 3 is 2.78 bits per heavy atom. The van der Waals surface area contributed by atoms with Crippen LogP contribution in [0, 0.1) is 6.92 Å². The van der Waals surface area contributed by atoms with Crippen molar-refractivity contribution < 1.29 is 4.52 Å². The summed E-state index contributed by atoms with van der Waals surface area (Å²) in [6.45, 7) is 4.09. The highest BCUT2D eigenvalue weighted by Gasteiger charge is 2.21. The molecular formula is C16H18ClN5O. The number of hydrogen-bond acceptors (Lipinski definition) is 5. The minimum atomic E-state index is 0. The van der Waals surface area contributed by atoms with Gasteiger partial charge in [0.1, 0.15) is 0 Å². The number of aromatic amines is 1. The Hall–Kier alpha value is -2.18. The van der Waals surface area contributed by atoms with Crippen LogP contribution in [0.3, 0.4) is 0 Å². The number of aryl methyl sites for hydroxylation is 1. The average Bonchev–Trinajstić information content (AvgIpc) is 3.27. The van der Waals surface area contributed by atoms with Gasteiger partial charge in [0.05, 0.1) is 0 Å². The summed E-state index contributed by atoms with van der Waals surface area (Å²) in [5.74, 6) is 1.52. The topological polar surface area (TPSA) is 79.6 Å². The summed E-state index contributed by atoms with van der Waals surface area (Å²) in [5.41, 5.74) is 3.97. The molecule has 3 aromatic rings. The van der Waals surface area contributed by atoms with E-state index in [0.717, 1.165) is 30.8 Å². The van der Waals surface area contributed by atoms with Gasteiger partial charge < -0.3 is 9.84 Å². The molecule has 7 heteroatoms. The van der Waals surface area contributed by atoms with Crippen molar-refractivity contribution in [1.29, 1.82) is 0 Å². The normalized spacial score (nSPS) is 17.2. The Balaban J connectivity index is 0.00000156. The molecule has 120 valence electrons. The number of rotatable bonds is 3. The van der Waals surface area contributed by atoms with Crippen LogP contribution in [-0.4, -0.2) is 33.4 Å². The Morgan fingerprint density at radius 1 is 1.22 bits per heavy atom. The Bertz CT molecular complexity index is 774. The molecule has 0 radical (unpaired) electrons. The fraction of sp³-hybridized carbons (Fsp3) is 0.312. The molecule has 2 N–H and O–H groups in total. The van der Waals surface area contributed by atoms with Gasteiger partial charge in [-0.15, -0.1) is 12.4 Å². The molecule has 1 saturated heterocycles. The molecule has 0 amide bonds. The van der Waals surface area contributed by atoms with E-state index in [9.17, 15) is 0 Å². The van der Waals surface area contributed by atoms with Crippen molar-refractivity contribution in [2.75, 3.05) is 13.1 Å². The van der Waals surface area contributed by atoms with Crippen LogP contribution in [0.15, 0.2) is 34.9 Å². The predicted octanol–water partition coefficient (Wildman–Crippen LogP) is 2.93. The van der Waals surface area contributed by atoms with Crippen molar-refractivity contribution in [3.8, 4) is 23.0 Å². The Labute approximate surface area is 140 Å². The van der Waals surface area contributed by atoms with Gasteiger partial charge >= 0.3 is 0 Å². The first-order chi connectivity index (χ1) is 10.8. The van der Waals surface area contributed by atoms with E-state index in [1.807, 2.05) is 30.3 Å². The van der Waals surface area contributed by atoms with Crippen LogP contribution in [0.25, 0.3) is 23.0 Å². The zero-order valence-electron chi connectivity index (χ0n) is 12.7. The number of benzene rings is 1. The summed E-state index contributed by atoms with van der Waals surface area (Å²) in [7, 11) is 0. The highest BCUT2D eigenvalue weighted by molar-refractivity contribution is 5.85. The molecule has 2 aromatic heterocycles. The number of H-pyrrole nitrogens is 1. The van der Waals surface area contributed by atoms with Gasteiger partial charge in [0, 0.05) is 23.7 Å². The fourth-order valence-electron chi connectivity index (χ4n) is 2.72. The first kappa shape index (κ1) is 15.7. The molecule has 1 aliphatic heterocycles. The van der Waals surface area contributed by atoms with Crippen LogP contribution in [0.5, 0.6) is 0 Å². The van der Waals surface area contributed by atoms with Gasteiger partial charge in [-0.3, -0.25) is 5.10 Å². The Kier molecular flexibility index (Phi) is 4.45. The summed E-state index contributed by atoms with van der Waals surface area (Å²) >= 11 is 0.